The van der Waals surface area contributed by atoms with Gasteiger partial charge in [0.15, 0.2) is 0 Å². The smallest absolute Gasteiger partial charge is 0.374 e. The fourth-order valence-electron chi connectivity index (χ4n) is 1.65. The van der Waals surface area contributed by atoms with Gasteiger partial charge in [0.1, 0.15) is 11.3 Å². The average Bonchev–Trinajstić information content (AvgIpc) is 2.77. The first-order valence-corrected chi connectivity index (χ1v) is 6.15. The highest BCUT2D eigenvalue weighted by Gasteiger charge is 2.27. The molecule has 1 heterocycles. The molecule has 17 heavy (non-hydrogen) atoms. The van der Waals surface area contributed by atoms with E-state index in [2.05, 4.69) is 19.6 Å². The van der Waals surface area contributed by atoms with E-state index in [0.717, 1.165) is 25.0 Å². The van der Waals surface area contributed by atoms with Crippen molar-refractivity contribution in [2.45, 2.75) is 45.6 Å². The number of carbonyl (C=O) groups excluding carboxylic acids is 1. The second kappa shape index (κ2) is 5.87. The number of esters is 1. The van der Waals surface area contributed by atoms with Crippen LogP contribution in [0.3, 0.4) is 0 Å². The molecule has 0 bridgehead atoms. The molecule has 0 aromatic carbocycles. The van der Waals surface area contributed by atoms with Crippen LogP contribution in [0.4, 0.5) is 0 Å². The molecule has 0 radical (unpaired) electrons. The highest BCUT2D eigenvalue weighted by molar-refractivity contribution is 5.86. The van der Waals surface area contributed by atoms with Gasteiger partial charge in [-0.15, -0.1) is 0 Å². The molecule has 1 rings (SSSR count). The van der Waals surface area contributed by atoms with E-state index in [1.165, 1.54) is 0 Å². The Morgan fingerprint density at radius 3 is 2.53 bits per heavy atom. The summed E-state index contributed by atoms with van der Waals surface area (Å²) >= 11 is 0. The van der Waals surface area contributed by atoms with Gasteiger partial charge in [-0.3, -0.25) is 0 Å². The summed E-state index contributed by atoms with van der Waals surface area (Å²) in [4.78, 5) is 11.4. The molecule has 0 aliphatic rings. The van der Waals surface area contributed by atoms with Gasteiger partial charge in [-0.1, -0.05) is 13.8 Å². The van der Waals surface area contributed by atoms with Gasteiger partial charge in [0.2, 0.25) is 5.76 Å². The van der Waals surface area contributed by atoms with Crippen LogP contribution in [0.25, 0.3) is 0 Å². The highest BCUT2D eigenvalue weighted by atomic mass is 16.5. The first-order valence-electron chi connectivity index (χ1n) is 6.15. The minimum Gasteiger partial charge on any atom is -0.460 e. The van der Waals surface area contributed by atoms with Crippen molar-refractivity contribution in [1.82, 2.24) is 0 Å². The van der Waals surface area contributed by atoms with Gasteiger partial charge in [0.05, 0.1) is 13.0 Å². The zero-order valence-corrected chi connectivity index (χ0v) is 10.9. The Morgan fingerprint density at radius 1 is 1.35 bits per heavy atom. The van der Waals surface area contributed by atoms with Crippen LogP contribution in [0.2, 0.25) is 0 Å². The van der Waals surface area contributed by atoms with Gasteiger partial charge in [0, 0.05) is 0 Å². The molecule has 4 heteroatoms. The lowest BCUT2D eigenvalue weighted by Crippen LogP contribution is -2.73. The number of carbonyl (C=O) groups is 1. The van der Waals surface area contributed by atoms with Crippen molar-refractivity contribution in [2.75, 3.05) is 6.61 Å². The Morgan fingerprint density at radius 2 is 2.00 bits per heavy atom. The lowest BCUT2D eigenvalue weighted by molar-refractivity contribution is -0.480. The molecule has 0 atom stereocenters. The summed E-state index contributed by atoms with van der Waals surface area (Å²) in [5.74, 6) is 0.671. The summed E-state index contributed by atoms with van der Waals surface area (Å²) in [5, 5.41) is 0. The van der Waals surface area contributed by atoms with Crippen molar-refractivity contribution in [1.29, 1.82) is 0 Å². The quantitative estimate of drug-likeness (QED) is 0.771. The normalized spacial score (nSPS) is 11.5. The van der Waals surface area contributed by atoms with E-state index >= 15 is 0 Å². The molecular weight excluding hydrogens is 218 g/mol. The Kier molecular flexibility index (Phi) is 4.75. The molecule has 96 valence electrons. The Balaban J connectivity index is 2.71. The molecule has 0 amide bonds. The fraction of sp³-hybridized carbons (Fsp3) is 0.615. The van der Waals surface area contributed by atoms with Crippen LogP contribution < -0.4 is 5.73 Å². The monoisotopic (exact) mass is 240 g/mol. The van der Waals surface area contributed by atoms with Gasteiger partial charge >= 0.3 is 5.97 Å². The fourth-order valence-corrected chi connectivity index (χ4v) is 1.65. The van der Waals surface area contributed by atoms with Crippen LogP contribution in [0.1, 0.15) is 49.9 Å². The van der Waals surface area contributed by atoms with Crippen LogP contribution in [0.5, 0.6) is 0 Å². The molecule has 0 fully saturated rings. The molecule has 3 N–H and O–H groups in total. The zero-order valence-electron chi connectivity index (χ0n) is 10.9. The van der Waals surface area contributed by atoms with Gasteiger partial charge < -0.3 is 14.9 Å². The second-order valence-corrected chi connectivity index (χ2v) is 4.37. The largest absolute Gasteiger partial charge is 0.460 e. The minimum atomic E-state index is -0.401. The van der Waals surface area contributed by atoms with Crippen molar-refractivity contribution in [3.05, 3.63) is 23.7 Å². The summed E-state index contributed by atoms with van der Waals surface area (Å²) in [5.41, 5.74) is 4.21. The topological polar surface area (TPSA) is 67.1 Å². The van der Waals surface area contributed by atoms with Gasteiger partial charge in [-0.2, -0.15) is 0 Å². The van der Waals surface area contributed by atoms with Crippen molar-refractivity contribution in [2.24, 2.45) is 0 Å². The van der Waals surface area contributed by atoms with Gasteiger partial charge in [-0.25, -0.2) is 4.79 Å². The molecular formula is C13H22NO3+. The first kappa shape index (κ1) is 13.8. The Labute approximate surface area is 102 Å². The number of furan rings is 1. The summed E-state index contributed by atoms with van der Waals surface area (Å²) in [7, 11) is 0. The number of rotatable bonds is 6. The van der Waals surface area contributed by atoms with Crippen molar-refractivity contribution >= 4 is 5.97 Å². The second-order valence-electron chi connectivity index (χ2n) is 4.37. The van der Waals surface area contributed by atoms with E-state index in [4.69, 9.17) is 9.15 Å². The van der Waals surface area contributed by atoms with Crippen LogP contribution in [0, 0.1) is 0 Å². The molecule has 1 aromatic rings. The lowest BCUT2D eigenvalue weighted by Gasteiger charge is -2.21. The molecule has 4 nitrogen and oxygen atoms in total. The summed E-state index contributed by atoms with van der Waals surface area (Å²) in [6, 6.07) is 3.50. The van der Waals surface area contributed by atoms with Gasteiger partial charge in [-0.05, 0) is 31.9 Å². The lowest BCUT2D eigenvalue weighted by atomic mass is 9.89. The molecule has 0 unspecified atom stereocenters. The average molecular weight is 240 g/mol. The van der Waals surface area contributed by atoms with Crippen molar-refractivity contribution in [3.63, 3.8) is 0 Å². The maximum Gasteiger partial charge on any atom is 0.374 e. The molecule has 0 saturated carbocycles. The third kappa shape index (κ3) is 3.60. The summed E-state index contributed by atoms with van der Waals surface area (Å²) in [6.45, 7) is 6.37. The van der Waals surface area contributed by atoms with Crippen molar-refractivity contribution in [3.8, 4) is 0 Å². The summed E-state index contributed by atoms with van der Waals surface area (Å²) < 4.78 is 10.4. The molecule has 0 saturated heterocycles. The van der Waals surface area contributed by atoms with E-state index in [1.54, 1.807) is 13.0 Å². The Hall–Kier alpha value is -1.29. The number of quaternary nitrogens is 1. The SMILES string of the molecule is CCOC(=O)c1ccc(CC([NH3+])(CC)CC)o1. The first-order chi connectivity index (χ1) is 8.04. The minimum absolute atomic E-state index is 0.0101. The van der Waals surface area contributed by atoms with Crippen LogP contribution in [-0.2, 0) is 11.2 Å². The summed E-state index contributed by atoms with van der Waals surface area (Å²) in [6.07, 6.45) is 2.72. The maximum atomic E-state index is 11.4. The highest BCUT2D eigenvalue weighted by Crippen LogP contribution is 2.18. The van der Waals surface area contributed by atoms with Crippen molar-refractivity contribution < 1.29 is 19.7 Å². The third-order valence-corrected chi connectivity index (χ3v) is 3.19. The molecule has 0 spiro atoms. The molecule has 0 aliphatic heterocycles. The van der Waals surface area contributed by atoms with E-state index in [0.29, 0.717) is 6.61 Å². The number of hydrogen-bond donors (Lipinski definition) is 1. The zero-order chi connectivity index (χ0) is 12.9. The maximum absolute atomic E-state index is 11.4. The number of hydrogen-bond acceptors (Lipinski definition) is 3. The molecule has 0 aliphatic carbocycles. The van der Waals surface area contributed by atoms with E-state index in [1.807, 2.05) is 6.07 Å². The van der Waals surface area contributed by atoms with Crippen LogP contribution in [-0.4, -0.2) is 18.1 Å². The number of ether oxygens (including phenoxy) is 1. The predicted molar refractivity (Wildman–Crippen MR) is 64.6 cm³/mol. The predicted octanol–water partition coefficient (Wildman–Crippen LogP) is 1.80. The van der Waals surface area contributed by atoms with E-state index < -0.39 is 5.97 Å². The Bertz CT molecular complexity index is 366. The standard InChI is InChI=1S/C13H21NO3/c1-4-13(14,5-2)9-10-7-8-11(17-10)12(15)16-6-3/h7-8H,4-6,9,14H2,1-3H3/p+1. The van der Waals surface area contributed by atoms with Crippen LogP contribution in [0.15, 0.2) is 16.5 Å². The van der Waals surface area contributed by atoms with E-state index in [9.17, 15) is 4.79 Å². The van der Waals surface area contributed by atoms with E-state index in [-0.39, 0.29) is 11.3 Å². The van der Waals surface area contributed by atoms with Gasteiger partial charge in [0.25, 0.3) is 0 Å². The van der Waals surface area contributed by atoms with Crippen LogP contribution >= 0.6 is 0 Å². The third-order valence-electron chi connectivity index (χ3n) is 3.19. The molecule has 1 aromatic heterocycles.